The number of hydrogen-bond acceptors (Lipinski definition) is 3. The lowest BCUT2D eigenvalue weighted by Gasteiger charge is -2.28. The van der Waals surface area contributed by atoms with Gasteiger partial charge in [0.1, 0.15) is 11.9 Å². The summed E-state index contributed by atoms with van der Waals surface area (Å²) in [6.45, 7) is 5.51. The van der Waals surface area contributed by atoms with E-state index in [1.807, 2.05) is 13.8 Å². The Labute approximate surface area is 113 Å². The molecule has 19 heavy (non-hydrogen) atoms. The number of aryl methyl sites for hydroxylation is 1. The number of primary amides is 1. The highest BCUT2D eigenvalue weighted by molar-refractivity contribution is 5.83. The third kappa shape index (κ3) is 4.87. The van der Waals surface area contributed by atoms with Crippen LogP contribution in [0, 0.1) is 12.7 Å². The van der Waals surface area contributed by atoms with Gasteiger partial charge in [-0.3, -0.25) is 4.79 Å². The molecule has 0 saturated carbocycles. The molecule has 1 unspecified atom stereocenters. The highest BCUT2D eigenvalue weighted by Gasteiger charge is 2.26. The van der Waals surface area contributed by atoms with E-state index in [0.29, 0.717) is 12.1 Å². The summed E-state index contributed by atoms with van der Waals surface area (Å²) in [5, 5.41) is 2.96. The van der Waals surface area contributed by atoms with E-state index in [0.717, 1.165) is 5.56 Å². The SMILES string of the molecule is COC(C)(C)CC(Nc1cc(C)cc(F)c1)C(N)=O. The molecule has 0 aromatic heterocycles. The zero-order valence-corrected chi connectivity index (χ0v) is 11.8. The maximum absolute atomic E-state index is 13.3. The Hall–Kier alpha value is -1.62. The first kappa shape index (κ1) is 15.4. The molecule has 0 radical (unpaired) electrons. The van der Waals surface area contributed by atoms with E-state index < -0.39 is 17.6 Å². The topological polar surface area (TPSA) is 64.3 Å². The third-order valence-corrected chi connectivity index (χ3v) is 2.97. The fraction of sp³-hybridized carbons (Fsp3) is 0.500. The second kappa shape index (κ2) is 6.02. The fourth-order valence-corrected chi connectivity index (χ4v) is 1.82. The number of methoxy groups -OCH3 is 1. The van der Waals surface area contributed by atoms with Crippen molar-refractivity contribution >= 4 is 11.6 Å². The minimum absolute atomic E-state index is 0.350. The van der Waals surface area contributed by atoms with Crippen LogP contribution in [0.2, 0.25) is 0 Å². The molecule has 4 nitrogen and oxygen atoms in total. The number of nitrogens with one attached hydrogen (secondary N) is 1. The number of nitrogens with two attached hydrogens (primary N) is 1. The number of carbonyl (C=O) groups is 1. The molecule has 0 bridgehead atoms. The zero-order chi connectivity index (χ0) is 14.6. The Kier molecular flexibility index (Phi) is 4.89. The van der Waals surface area contributed by atoms with Crippen molar-refractivity contribution in [1.82, 2.24) is 0 Å². The van der Waals surface area contributed by atoms with Gasteiger partial charge < -0.3 is 15.8 Å². The summed E-state index contributed by atoms with van der Waals surface area (Å²) in [6.07, 6.45) is 0.397. The van der Waals surface area contributed by atoms with Crippen molar-refractivity contribution in [1.29, 1.82) is 0 Å². The van der Waals surface area contributed by atoms with E-state index in [1.165, 1.54) is 12.1 Å². The quantitative estimate of drug-likeness (QED) is 0.831. The van der Waals surface area contributed by atoms with Gasteiger partial charge in [-0.25, -0.2) is 4.39 Å². The molecule has 0 spiro atoms. The van der Waals surface area contributed by atoms with Gasteiger partial charge in [-0.2, -0.15) is 0 Å². The van der Waals surface area contributed by atoms with Crippen LogP contribution in [0.4, 0.5) is 10.1 Å². The van der Waals surface area contributed by atoms with Gasteiger partial charge in [-0.15, -0.1) is 0 Å². The predicted octanol–water partition coefficient (Wildman–Crippen LogP) is 2.22. The van der Waals surface area contributed by atoms with E-state index in [1.54, 1.807) is 20.1 Å². The average Bonchev–Trinajstić information content (AvgIpc) is 2.26. The van der Waals surface area contributed by atoms with Crippen LogP contribution in [0.15, 0.2) is 18.2 Å². The molecule has 0 aliphatic rings. The second-order valence-corrected chi connectivity index (χ2v) is 5.28. The molecule has 5 heteroatoms. The Morgan fingerprint density at radius 2 is 2.11 bits per heavy atom. The van der Waals surface area contributed by atoms with Crippen LogP contribution >= 0.6 is 0 Å². The van der Waals surface area contributed by atoms with Gasteiger partial charge in [-0.05, 0) is 44.5 Å². The van der Waals surface area contributed by atoms with Gasteiger partial charge in [-0.1, -0.05) is 0 Å². The van der Waals surface area contributed by atoms with Gasteiger partial charge in [0.2, 0.25) is 5.91 Å². The van der Waals surface area contributed by atoms with Gasteiger partial charge in [0.15, 0.2) is 0 Å². The van der Waals surface area contributed by atoms with E-state index in [4.69, 9.17) is 10.5 Å². The summed E-state index contributed by atoms with van der Waals surface area (Å²) in [4.78, 5) is 11.5. The van der Waals surface area contributed by atoms with Crippen molar-refractivity contribution in [2.45, 2.75) is 38.8 Å². The first-order valence-corrected chi connectivity index (χ1v) is 6.12. The molecule has 1 aromatic rings. The molecule has 0 heterocycles. The molecule has 1 aromatic carbocycles. The van der Waals surface area contributed by atoms with Gasteiger partial charge in [0.25, 0.3) is 0 Å². The van der Waals surface area contributed by atoms with Crippen LogP contribution in [0.3, 0.4) is 0 Å². The van der Waals surface area contributed by atoms with Crippen LogP contribution < -0.4 is 11.1 Å². The highest BCUT2D eigenvalue weighted by atomic mass is 19.1. The molecule has 0 aliphatic carbocycles. The summed E-state index contributed by atoms with van der Waals surface area (Å²) in [6, 6.07) is 3.90. The van der Waals surface area contributed by atoms with Gasteiger partial charge in [0.05, 0.1) is 5.60 Å². The summed E-state index contributed by atoms with van der Waals surface area (Å²) >= 11 is 0. The Balaban J connectivity index is 2.87. The molecule has 1 rings (SSSR count). The van der Waals surface area contributed by atoms with Crippen molar-refractivity contribution < 1.29 is 13.9 Å². The smallest absolute Gasteiger partial charge is 0.240 e. The molecular weight excluding hydrogens is 247 g/mol. The summed E-state index contributed by atoms with van der Waals surface area (Å²) in [5.41, 5.74) is 6.19. The number of halogens is 1. The monoisotopic (exact) mass is 268 g/mol. The van der Waals surface area contributed by atoms with E-state index in [2.05, 4.69) is 5.32 Å². The predicted molar refractivity (Wildman–Crippen MR) is 73.4 cm³/mol. The lowest BCUT2D eigenvalue weighted by molar-refractivity contribution is -0.120. The van der Waals surface area contributed by atoms with Crippen LogP contribution in [0.1, 0.15) is 25.8 Å². The minimum atomic E-state index is -0.615. The summed E-state index contributed by atoms with van der Waals surface area (Å²) in [5.74, 6) is -0.844. The maximum Gasteiger partial charge on any atom is 0.240 e. The third-order valence-electron chi connectivity index (χ3n) is 2.97. The normalized spacial score (nSPS) is 13.1. The van der Waals surface area contributed by atoms with Crippen molar-refractivity contribution in [2.24, 2.45) is 5.73 Å². The number of anilines is 1. The summed E-state index contributed by atoms with van der Waals surface area (Å²) in [7, 11) is 1.57. The molecule has 0 saturated heterocycles. The molecular formula is C14H21FN2O2. The maximum atomic E-state index is 13.3. The summed E-state index contributed by atoms with van der Waals surface area (Å²) < 4.78 is 18.6. The van der Waals surface area contributed by atoms with Gasteiger partial charge in [0, 0.05) is 19.2 Å². The molecule has 1 amide bonds. The van der Waals surface area contributed by atoms with E-state index in [-0.39, 0.29) is 5.82 Å². The van der Waals surface area contributed by atoms with Crippen LogP contribution in [0.5, 0.6) is 0 Å². The van der Waals surface area contributed by atoms with Crippen molar-refractivity contribution in [3.05, 3.63) is 29.6 Å². The standard InChI is InChI=1S/C14H21FN2O2/c1-9-5-10(15)7-11(6-9)17-12(13(16)18)8-14(2,3)19-4/h5-7,12,17H,8H2,1-4H3,(H2,16,18). The van der Waals surface area contributed by atoms with Crippen molar-refractivity contribution in [3.63, 3.8) is 0 Å². The Bertz CT molecular complexity index is 441. The van der Waals surface area contributed by atoms with Crippen LogP contribution in [0.25, 0.3) is 0 Å². The fourth-order valence-electron chi connectivity index (χ4n) is 1.82. The van der Waals surface area contributed by atoms with E-state index >= 15 is 0 Å². The largest absolute Gasteiger partial charge is 0.379 e. The second-order valence-electron chi connectivity index (χ2n) is 5.28. The molecule has 1 atom stereocenters. The molecule has 3 N–H and O–H groups in total. The van der Waals surface area contributed by atoms with Crippen LogP contribution in [-0.2, 0) is 9.53 Å². The first-order chi connectivity index (χ1) is 8.73. The van der Waals surface area contributed by atoms with Crippen molar-refractivity contribution in [3.8, 4) is 0 Å². The Morgan fingerprint density at radius 1 is 1.47 bits per heavy atom. The number of rotatable bonds is 6. The van der Waals surface area contributed by atoms with E-state index in [9.17, 15) is 9.18 Å². The zero-order valence-electron chi connectivity index (χ0n) is 11.8. The molecule has 0 aliphatic heterocycles. The van der Waals surface area contributed by atoms with Crippen LogP contribution in [-0.4, -0.2) is 24.7 Å². The lowest BCUT2D eigenvalue weighted by Crippen LogP contribution is -2.41. The number of benzene rings is 1. The number of ether oxygens (including phenoxy) is 1. The number of hydrogen-bond donors (Lipinski definition) is 2. The first-order valence-electron chi connectivity index (χ1n) is 6.12. The van der Waals surface area contributed by atoms with Crippen molar-refractivity contribution in [2.75, 3.05) is 12.4 Å². The highest BCUT2D eigenvalue weighted by Crippen LogP contribution is 2.20. The minimum Gasteiger partial charge on any atom is -0.379 e. The molecule has 106 valence electrons. The Morgan fingerprint density at radius 3 is 2.58 bits per heavy atom. The average molecular weight is 268 g/mol. The molecule has 0 fully saturated rings. The number of carbonyl (C=O) groups excluding carboxylic acids is 1. The number of amides is 1. The lowest BCUT2D eigenvalue weighted by atomic mass is 9.98. The van der Waals surface area contributed by atoms with Gasteiger partial charge >= 0.3 is 0 Å².